The van der Waals surface area contributed by atoms with Crippen molar-refractivity contribution in [1.29, 1.82) is 0 Å². The molecule has 1 N–H and O–H groups in total. The minimum Gasteiger partial charge on any atom is -0.486 e. The molecule has 0 unspecified atom stereocenters. The summed E-state index contributed by atoms with van der Waals surface area (Å²) in [6, 6.07) is 12.7. The van der Waals surface area contributed by atoms with Gasteiger partial charge < -0.3 is 19.5 Å². The zero-order valence-electron chi connectivity index (χ0n) is 15.0. The Bertz CT molecular complexity index is 806. The first-order valence-corrected chi connectivity index (χ1v) is 8.87. The lowest BCUT2D eigenvalue weighted by Crippen LogP contribution is -2.46. The van der Waals surface area contributed by atoms with Crippen LogP contribution in [0.1, 0.15) is 26.3 Å². The van der Waals surface area contributed by atoms with Gasteiger partial charge in [-0.2, -0.15) is 0 Å². The molecule has 1 atom stereocenters. The average molecular weight is 376 g/mol. The number of ether oxygens (including phenoxy) is 3. The van der Waals surface area contributed by atoms with E-state index in [-0.39, 0.29) is 5.91 Å². The first-order chi connectivity index (χ1) is 12.3. The van der Waals surface area contributed by atoms with E-state index < -0.39 is 11.6 Å². The second-order valence-electron chi connectivity index (χ2n) is 6.69. The lowest BCUT2D eigenvalue weighted by Gasteiger charge is -2.30. The first-order valence-electron chi connectivity index (χ1n) is 8.49. The van der Waals surface area contributed by atoms with Crippen LogP contribution in [0.15, 0.2) is 42.5 Å². The van der Waals surface area contributed by atoms with Crippen molar-refractivity contribution in [2.45, 2.75) is 32.4 Å². The van der Waals surface area contributed by atoms with Gasteiger partial charge in [-0.25, -0.2) is 0 Å². The van der Waals surface area contributed by atoms with Crippen LogP contribution in [0.25, 0.3) is 0 Å². The maximum atomic E-state index is 12.6. The highest BCUT2D eigenvalue weighted by Gasteiger charge is 2.28. The molecule has 0 saturated heterocycles. The molecule has 0 aliphatic carbocycles. The average Bonchev–Trinajstić information content (AvgIpc) is 2.61. The second-order valence-corrected chi connectivity index (χ2v) is 7.13. The molecular weight excluding hydrogens is 354 g/mol. The largest absolute Gasteiger partial charge is 0.486 e. The minimum absolute atomic E-state index is 0.218. The molecule has 0 spiro atoms. The topological polar surface area (TPSA) is 56.8 Å². The van der Waals surface area contributed by atoms with E-state index in [2.05, 4.69) is 5.32 Å². The fraction of sp³-hybridized carbons (Fsp3) is 0.350. The number of hydrogen-bond acceptors (Lipinski definition) is 4. The van der Waals surface area contributed by atoms with Crippen LogP contribution in [0, 0.1) is 0 Å². The van der Waals surface area contributed by atoms with Crippen molar-refractivity contribution in [2.75, 3.05) is 13.2 Å². The molecule has 0 fully saturated rings. The van der Waals surface area contributed by atoms with Gasteiger partial charge in [0.25, 0.3) is 5.91 Å². The Morgan fingerprint density at radius 3 is 2.62 bits per heavy atom. The molecule has 1 amide bonds. The monoisotopic (exact) mass is 375 g/mol. The van der Waals surface area contributed by atoms with Crippen LogP contribution in [0.4, 0.5) is 0 Å². The normalized spacial score (nSPS) is 14.5. The predicted molar refractivity (Wildman–Crippen MR) is 100 cm³/mol. The highest BCUT2D eigenvalue weighted by molar-refractivity contribution is 6.30. The summed E-state index contributed by atoms with van der Waals surface area (Å²) in [4.78, 5) is 12.6. The summed E-state index contributed by atoms with van der Waals surface area (Å²) >= 11 is 5.95. The van der Waals surface area contributed by atoms with Gasteiger partial charge in [-0.05, 0) is 56.7 Å². The number of halogens is 1. The molecule has 1 aliphatic rings. The third-order valence-corrected chi connectivity index (χ3v) is 4.41. The zero-order valence-corrected chi connectivity index (χ0v) is 15.8. The van der Waals surface area contributed by atoms with Crippen LogP contribution in [-0.2, 0) is 10.3 Å². The molecule has 5 nitrogen and oxygen atoms in total. The van der Waals surface area contributed by atoms with Crippen molar-refractivity contribution >= 4 is 17.5 Å². The maximum absolute atomic E-state index is 12.6. The summed E-state index contributed by atoms with van der Waals surface area (Å²) in [5.74, 6) is 1.75. The fourth-order valence-corrected chi connectivity index (χ4v) is 2.89. The number of benzene rings is 2. The van der Waals surface area contributed by atoms with E-state index in [1.54, 1.807) is 31.2 Å². The van der Waals surface area contributed by atoms with Crippen LogP contribution in [0.5, 0.6) is 17.2 Å². The number of fused-ring (bicyclic) bond motifs is 1. The molecule has 3 rings (SSSR count). The predicted octanol–water partition coefficient (Wildman–Crippen LogP) is 3.93. The Morgan fingerprint density at radius 2 is 1.88 bits per heavy atom. The Balaban J connectivity index is 1.69. The van der Waals surface area contributed by atoms with Gasteiger partial charge in [-0.3, -0.25) is 4.79 Å². The maximum Gasteiger partial charge on any atom is 0.261 e. The number of hydrogen-bond donors (Lipinski definition) is 1. The number of amides is 1. The van der Waals surface area contributed by atoms with Crippen LogP contribution in [0.3, 0.4) is 0 Å². The second kappa shape index (κ2) is 7.46. The van der Waals surface area contributed by atoms with Crippen LogP contribution >= 0.6 is 11.6 Å². The molecule has 26 heavy (non-hydrogen) atoms. The van der Waals surface area contributed by atoms with Crippen LogP contribution < -0.4 is 19.5 Å². The van der Waals surface area contributed by atoms with E-state index in [1.807, 2.05) is 32.0 Å². The van der Waals surface area contributed by atoms with Crippen molar-refractivity contribution in [1.82, 2.24) is 5.32 Å². The first kappa shape index (κ1) is 18.4. The standard InChI is InChI=1S/C20H22ClNO4/c1-13(26-16-6-4-5-15(21)12-16)19(23)22-20(2,3)14-7-8-17-18(11-14)25-10-9-24-17/h4-8,11-13H,9-10H2,1-3H3,(H,22,23)/t13-/m0/s1. The fourth-order valence-electron chi connectivity index (χ4n) is 2.71. The number of carbonyl (C=O) groups excluding carboxylic acids is 1. The number of rotatable bonds is 5. The molecule has 1 heterocycles. The van der Waals surface area contributed by atoms with E-state index in [1.165, 1.54) is 0 Å². The Labute approximate surface area is 158 Å². The van der Waals surface area contributed by atoms with E-state index in [0.717, 1.165) is 11.3 Å². The molecule has 0 bridgehead atoms. The summed E-state index contributed by atoms with van der Waals surface area (Å²) in [6.45, 7) is 6.64. The molecule has 1 aliphatic heterocycles. The van der Waals surface area contributed by atoms with E-state index in [4.69, 9.17) is 25.8 Å². The molecule has 0 saturated carbocycles. The van der Waals surface area contributed by atoms with Crippen molar-refractivity contribution in [3.8, 4) is 17.2 Å². The van der Waals surface area contributed by atoms with Gasteiger partial charge in [0.05, 0.1) is 5.54 Å². The SMILES string of the molecule is C[C@H](Oc1cccc(Cl)c1)C(=O)NC(C)(C)c1ccc2c(c1)OCCO2. The Morgan fingerprint density at radius 1 is 1.15 bits per heavy atom. The molecule has 6 heteroatoms. The van der Waals surface area contributed by atoms with Crippen molar-refractivity contribution in [3.05, 3.63) is 53.1 Å². The summed E-state index contributed by atoms with van der Waals surface area (Å²) in [6.07, 6.45) is -0.662. The summed E-state index contributed by atoms with van der Waals surface area (Å²) in [7, 11) is 0. The minimum atomic E-state index is -0.662. The summed E-state index contributed by atoms with van der Waals surface area (Å²) in [5.41, 5.74) is 0.323. The number of carbonyl (C=O) groups is 1. The lowest BCUT2D eigenvalue weighted by molar-refractivity contribution is -0.129. The van der Waals surface area contributed by atoms with Gasteiger partial charge in [0, 0.05) is 5.02 Å². The van der Waals surface area contributed by atoms with E-state index in [0.29, 0.717) is 29.7 Å². The van der Waals surface area contributed by atoms with Crippen molar-refractivity contribution in [2.24, 2.45) is 0 Å². The van der Waals surface area contributed by atoms with Gasteiger partial charge in [-0.15, -0.1) is 0 Å². The van der Waals surface area contributed by atoms with Crippen LogP contribution in [0.2, 0.25) is 5.02 Å². The molecule has 2 aromatic carbocycles. The highest BCUT2D eigenvalue weighted by Crippen LogP contribution is 2.34. The van der Waals surface area contributed by atoms with Crippen LogP contribution in [-0.4, -0.2) is 25.2 Å². The molecule has 2 aromatic rings. The summed E-state index contributed by atoms with van der Waals surface area (Å²) in [5, 5.41) is 3.58. The van der Waals surface area contributed by atoms with Gasteiger partial charge in [0.15, 0.2) is 17.6 Å². The van der Waals surface area contributed by atoms with Crippen molar-refractivity contribution < 1.29 is 19.0 Å². The molecular formula is C20H22ClNO4. The number of nitrogens with one attached hydrogen (secondary N) is 1. The van der Waals surface area contributed by atoms with Gasteiger partial charge in [0.1, 0.15) is 19.0 Å². The quantitative estimate of drug-likeness (QED) is 0.860. The molecule has 0 radical (unpaired) electrons. The lowest BCUT2D eigenvalue weighted by atomic mass is 9.93. The summed E-state index contributed by atoms with van der Waals surface area (Å²) < 4.78 is 16.9. The van der Waals surface area contributed by atoms with E-state index in [9.17, 15) is 4.79 Å². The molecule has 138 valence electrons. The van der Waals surface area contributed by atoms with Gasteiger partial charge >= 0.3 is 0 Å². The van der Waals surface area contributed by atoms with Gasteiger partial charge in [0.2, 0.25) is 0 Å². The highest BCUT2D eigenvalue weighted by atomic mass is 35.5. The van der Waals surface area contributed by atoms with E-state index >= 15 is 0 Å². The van der Waals surface area contributed by atoms with Gasteiger partial charge in [-0.1, -0.05) is 23.7 Å². The Kier molecular flexibility index (Phi) is 5.28. The Hall–Kier alpha value is -2.40. The zero-order chi connectivity index (χ0) is 18.7. The molecule has 0 aromatic heterocycles. The third-order valence-electron chi connectivity index (χ3n) is 4.18. The van der Waals surface area contributed by atoms with Crippen molar-refractivity contribution in [3.63, 3.8) is 0 Å². The third kappa shape index (κ3) is 4.22. The smallest absolute Gasteiger partial charge is 0.261 e.